The molecule has 4 rings (SSSR count). The number of aromatic nitrogens is 1. The van der Waals surface area contributed by atoms with E-state index < -0.39 is 0 Å². The van der Waals surface area contributed by atoms with Crippen molar-refractivity contribution in [2.45, 2.75) is 44.8 Å². The van der Waals surface area contributed by atoms with Crippen molar-refractivity contribution in [2.24, 2.45) is 5.92 Å². The lowest BCUT2D eigenvalue weighted by Gasteiger charge is -2.30. The molecule has 1 saturated carbocycles. The summed E-state index contributed by atoms with van der Waals surface area (Å²) in [5, 5.41) is 10.7. The van der Waals surface area contributed by atoms with Crippen molar-refractivity contribution in [1.29, 1.82) is 0 Å². The third-order valence-corrected chi connectivity index (χ3v) is 5.53. The molecule has 1 aliphatic heterocycles. The lowest BCUT2D eigenvalue weighted by atomic mass is 9.88. The van der Waals surface area contributed by atoms with Gasteiger partial charge in [-0.1, -0.05) is 0 Å². The van der Waals surface area contributed by atoms with Crippen molar-refractivity contribution in [3.05, 3.63) is 35.3 Å². The van der Waals surface area contributed by atoms with Crippen LogP contribution in [-0.4, -0.2) is 34.7 Å². The summed E-state index contributed by atoms with van der Waals surface area (Å²) in [4.78, 5) is 2.34. The topological polar surface area (TPSA) is 28.4 Å². The predicted octanol–water partition coefficient (Wildman–Crippen LogP) is 3.49. The summed E-state index contributed by atoms with van der Waals surface area (Å²) in [7, 11) is 2.15. The number of nitrogens with zero attached hydrogens (tertiary/aromatic N) is 2. The minimum absolute atomic E-state index is 0.0237. The molecule has 1 N–H and O–H groups in total. The molecule has 1 aromatic heterocycles. The van der Waals surface area contributed by atoms with Crippen LogP contribution >= 0.6 is 0 Å². The lowest BCUT2D eigenvalue weighted by Crippen LogP contribution is -2.29. The van der Waals surface area contributed by atoms with E-state index in [1.165, 1.54) is 12.8 Å². The summed E-state index contributed by atoms with van der Waals surface area (Å²) < 4.78 is 16.4. The van der Waals surface area contributed by atoms with Crippen molar-refractivity contribution in [2.75, 3.05) is 20.1 Å². The minimum atomic E-state index is -0.153. The summed E-state index contributed by atoms with van der Waals surface area (Å²) in [6.07, 6.45) is 4.71. The molecule has 124 valence electrons. The number of benzene rings is 1. The summed E-state index contributed by atoms with van der Waals surface area (Å²) >= 11 is 0. The molecule has 1 aliphatic carbocycles. The third-order valence-electron chi connectivity index (χ3n) is 5.53. The maximum Gasteiger partial charge on any atom is 0.124 e. The number of aliphatic hydroxyl groups excluding tert-OH is 1. The quantitative estimate of drug-likeness (QED) is 0.935. The maximum absolute atomic E-state index is 14.2. The molecule has 0 amide bonds. The Labute approximate surface area is 136 Å². The Bertz CT molecular complexity index is 712. The van der Waals surface area contributed by atoms with Gasteiger partial charge in [0.15, 0.2) is 0 Å². The molecule has 0 radical (unpaired) electrons. The molecule has 2 aliphatic rings. The van der Waals surface area contributed by atoms with Crippen LogP contribution in [0.4, 0.5) is 4.39 Å². The van der Waals surface area contributed by atoms with Gasteiger partial charge in [-0.25, -0.2) is 4.39 Å². The summed E-state index contributed by atoms with van der Waals surface area (Å²) in [6, 6.07) is 5.33. The van der Waals surface area contributed by atoms with Gasteiger partial charge in [-0.15, -0.1) is 0 Å². The standard InChI is InChI=1S/C19H25FN2O/c1-21-6-4-14(5-7-21)18-10-16(20)8-15-9-17(12-23)22(19(15)18)11-13-2-3-13/h8-10,13-14,23H,2-7,11-12H2,1H3. The van der Waals surface area contributed by atoms with Gasteiger partial charge in [0.2, 0.25) is 0 Å². The molecule has 4 heteroatoms. The van der Waals surface area contributed by atoms with Crippen molar-refractivity contribution >= 4 is 10.9 Å². The van der Waals surface area contributed by atoms with E-state index >= 15 is 0 Å². The van der Waals surface area contributed by atoms with Crippen LogP contribution in [0.2, 0.25) is 0 Å². The Kier molecular flexibility index (Phi) is 3.90. The second-order valence-electron chi connectivity index (χ2n) is 7.36. The average molecular weight is 316 g/mol. The van der Waals surface area contributed by atoms with Crippen LogP contribution in [0.25, 0.3) is 10.9 Å². The van der Waals surface area contributed by atoms with Gasteiger partial charge in [-0.3, -0.25) is 0 Å². The number of aliphatic hydroxyl groups is 1. The van der Waals surface area contributed by atoms with Crippen LogP contribution < -0.4 is 0 Å². The SMILES string of the molecule is CN1CCC(c2cc(F)cc3cc(CO)n(CC4CC4)c23)CC1. The zero-order valence-electron chi connectivity index (χ0n) is 13.8. The van der Waals surface area contributed by atoms with E-state index in [0.29, 0.717) is 5.92 Å². The second kappa shape index (κ2) is 5.91. The lowest BCUT2D eigenvalue weighted by molar-refractivity contribution is 0.255. The Morgan fingerprint density at radius 2 is 1.87 bits per heavy atom. The highest BCUT2D eigenvalue weighted by molar-refractivity contribution is 5.85. The summed E-state index contributed by atoms with van der Waals surface area (Å²) in [5.74, 6) is 0.995. The number of hydrogen-bond donors (Lipinski definition) is 1. The summed E-state index contributed by atoms with van der Waals surface area (Å²) in [5.41, 5.74) is 3.23. The van der Waals surface area contributed by atoms with Gasteiger partial charge in [-0.05, 0) is 81.4 Å². The molecular formula is C19H25FN2O. The molecule has 0 spiro atoms. The fourth-order valence-corrected chi connectivity index (χ4v) is 3.99. The highest BCUT2D eigenvalue weighted by Crippen LogP contribution is 2.38. The van der Waals surface area contributed by atoms with Crippen molar-refractivity contribution in [1.82, 2.24) is 9.47 Å². The molecule has 2 fully saturated rings. The minimum Gasteiger partial charge on any atom is -0.390 e. The maximum atomic E-state index is 14.2. The fraction of sp³-hybridized carbons (Fsp3) is 0.579. The number of rotatable bonds is 4. The van der Waals surface area contributed by atoms with E-state index in [1.54, 1.807) is 12.1 Å². The Balaban J connectivity index is 1.82. The van der Waals surface area contributed by atoms with Gasteiger partial charge in [0, 0.05) is 17.6 Å². The highest BCUT2D eigenvalue weighted by Gasteiger charge is 2.27. The molecular weight excluding hydrogens is 291 g/mol. The normalized spacial score (nSPS) is 20.5. The average Bonchev–Trinajstić information content (AvgIpc) is 3.28. The van der Waals surface area contributed by atoms with Crippen molar-refractivity contribution in [3.63, 3.8) is 0 Å². The Morgan fingerprint density at radius 3 is 2.52 bits per heavy atom. The van der Waals surface area contributed by atoms with Crippen molar-refractivity contribution in [3.8, 4) is 0 Å². The number of piperidine rings is 1. The van der Waals surface area contributed by atoms with Crippen LogP contribution in [0.3, 0.4) is 0 Å². The van der Waals surface area contributed by atoms with Gasteiger partial charge in [0.1, 0.15) is 5.82 Å². The summed E-state index contributed by atoms with van der Waals surface area (Å²) in [6.45, 7) is 3.12. The largest absolute Gasteiger partial charge is 0.390 e. The molecule has 23 heavy (non-hydrogen) atoms. The predicted molar refractivity (Wildman–Crippen MR) is 90.0 cm³/mol. The van der Waals surface area contributed by atoms with E-state index in [0.717, 1.165) is 60.6 Å². The monoisotopic (exact) mass is 316 g/mol. The van der Waals surface area contributed by atoms with Crippen LogP contribution in [0, 0.1) is 11.7 Å². The molecule has 0 bridgehead atoms. The van der Waals surface area contributed by atoms with E-state index in [4.69, 9.17) is 0 Å². The zero-order valence-corrected chi connectivity index (χ0v) is 13.8. The van der Waals surface area contributed by atoms with Gasteiger partial charge < -0.3 is 14.6 Å². The number of fused-ring (bicyclic) bond motifs is 1. The molecule has 1 saturated heterocycles. The third kappa shape index (κ3) is 2.90. The molecule has 2 heterocycles. The van der Waals surface area contributed by atoms with Crippen molar-refractivity contribution < 1.29 is 9.50 Å². The molecule has 0 unspecified atom stereocenters. The van der Waals surface area contributed by atoms with E-state index in [1.807, 2.05) is 6.07 Å². The van der Waals surface area contributed by atoms with Gasteiger partial charge >= 0.3 is 0 Å². The number of halogens is 1. The van der Waals surface area contributed by atoms with Gasteiger partial charge in [0.05, 0.1) is 12.1 Å². The highest BCUT2D eigenvalue weighted by atomic mass is 19.1. The molecule has 1 aromatic carbocycles. The van der Waals surface area contributed by atoms with Crippen LogP contribution in [0.5, 0.6) is 0 Å². The van der Waals surface area contributed by atoms with E-state index in [-0.39, 0.29) is 12.4 Å². The molecule has 0 atom stereocenters. The molecule has 2 aromatic rings. The first kappa shape index (κ1) is 15.2. The van der Waals surface area contributed by atoms with Crippen LogP contribution in [-0.2, 0) is 13.2 Å². The fourth-order valence-electron chi connectivity index (χ4n) is 3.99. The first-order chi connectivity index (χ1) is 11.2. The Morgan fingerprint density at radius 1 is 1.13 bits per heavy atom. The molecule has 3 nitrogen and oxygen atoms in total. The van der Waals surface area contributed by atoms with E-state index in [9.17, 15) is 9.50 Å². The number of likely N-dealkylation sites (tertiary alicyclic amines) is 1. The second-order valence-corrected chi connectivity index (χ2v) is 7.36. The Hall–Kier alpha value is -1.39. The van der Waals surface area contributed by atoms with E-state index in [2.05, 4.69) is 16.5 Å². The van der Waals surface area contributed by atoms with Gasteiger partial charge in [-0.2, -0.15) is 0 Å². The van der Waals surface area contributed by atoms with Crippen LogP contribution in [0.15, 0.2) is 18.2 Å². The van der Waals surface area contributed by atoms with Crippen LogP contribution in [0.1, 0.15) is 42.9 Å². The number of hydrogen-bond acceptors (Lipinski definition) is 2. The van der Waals surface area contributed by atoms with Gasteiger partial charge in [0.25, 0.3) is 0 Å². The first-order valence-electron chi connectivity index (χ1n) is 8.76. The first-order valence-corrected chi connectivity index (χ1v) is 8.76. The smallest absolute Gasteiger partial charge is 0.124 e. The zero-order chi connectivity index (χ0) is 16.0.